The zero-order chi connectivity index (χ0) is 32.1. The van der Waals surface area contributed by atoms with Gasteiger partial charge in [-0.15, -0.1) is 0 Å². The average molecular weight is 627 g/mol. The summed E-state index contributed by atoms with van der Waals surface area (Å²) >= 11 is 0. The Kier molecular flexibility index (Phi) is 7.96. The van der Waals surface area contributed by atoms with Crippen molar-refractivity contribution in [2.45, 2.75) is 51.0 Å². The largest absolute Gasteiger partial charge is 0.494 e. The van der Waals surface area contributed by atoms with E-state index in [2.05, 4.69) is 33.4 Å². The Balaban J connectivity index is 1.25. The number of carbonyl (C=O) groups is 3. The zero-order valence-electron chi connectivity index (χ0n) is 26.6. The summed E-state index contributed by atoms with van der Waals surface area (Å²) in [6.07, 6.45) is 4.28. The molecule has 11 heteroatoms. The second kappa shape index (κ2) is 12.1. The third-order valence-corrected chi connectivity index (χ3v) is 10.1. The predicted octanol–water partition coefficient (Wildman–Crippen LogP) is 4.22. The maximum absolute atomic E-state index is 13.6. The molecule has 0 bridgehead atoms. The number of hydrogen-bond acceptors (Lipinski definition) is 6. The summed E-state index contributed by atoms with van der Waals surface area (Å²) in [5.41, 5.74) is 11.4. The van der Waals surface area contributed by atoms with Crippen molar-refractivity contribution in [3.63, 3.8) is 0 Å². The van der Waals surface area contributed by atoms with Crippen molar-refractivity contribution in [3.05, 3.63) is 47.5 Å². The average Bonchev–Trinajstić information content (AvgIpc) is 3.70. The summed E-state index contributed by atoms with van der Waals surface area (Å²) in [6, 6.07) is 12.3. The minimum atomic E-state index is -0.953. The van der Waals surface area contributed by atoms with Crippen LogP contribution in [0.4, 0.5) is 0 Å². The first-order valence-electron chi connectivity index (χ1n) is 16.4. The molecular formula is C35H42N6O5. The fourth-order valence-electron chi connectivity index (χ4n) is 7.31. The van der Waals surface area contributed by atoms with Crippen molar-refractivity contribution in [1.82, 2.24) is 23.9 Å². The Labute approximate surface area is 267 Å². The van der Waals surface area contributed by atoms with Gasteiger partial charge in [-0.05, 0) is 67.8 Å². The highest BCUT2D eigenvalue weighted by Crippen LogP contribution is 2.41. The number of benzene rings is 2. The quantitative estimate of drug-likeness (QED) is 0.269. The highest BCUT2D eigenvalue weighted by molar-refractivity contribution is 6.00. The maximum atomic E-state index is 13.6. The highest BCUT2D eigenvalue weighted by Gasteiger charge is 2.35. The fraction of sp³-hybridized carbons (Fsp3) is 0.486. The number of aryl methyl sites for hydroxylation is 1. The smallest absolute Gasteiger partial charge is 0.303 e. The first kappa shape index (κ1) is 30.3. The van der Waals surface area contributed by atoms with Crippen LogP contribution >= 0.6 is 0 Å². The molecule has 3 N–H and O–H groups in total. The summed E-state index contributed by atoms with van der Waals surface area (Å²) in [5.74, 6) is 1.45. The van der Waals surface area contributed by atoms with Crippen LogP contribution in [-0.2, 0) is 23.2 Å². The van der Waals surface area contributed by atoms with Crippen molar-refractivity contribution in [2.75, 3.05) is 39.8 Å². The predicted molar refractivity (Wildman–Crippen MR) is 175 cm³/mol. The Hall–Kier alpha value is -4.38. The molecule has 1 saturated carbocycles. The second-order valence-corrected chi connectivity index (χ2v) is 13.3. The first-order chi connectivity index (χ1) is 22.2. The van der Waals surface area contributed by atoms with Gasteiger partial charge in [0, 0.05) is 63.1 Å². The van der Waals surface area contributed by atoms with Crippen molar-refractivity contribution < 1.29 is 24.2 Å². The van der Waals surface area contributed by atoms with Gasteiger partial charge in [-0.2, -0.15) is 0 Å². The van der Waals surface area contributed by atoms with Crippen molar-refractivity contribution in [1.29, 1.82) is 0 Å². The zero-order valence-corrected chi connectivity index (χ0v) is 26.6. The molecule has 3 aliphatic rings. The molecule has 0 radical (unpaired) electrons. The van der Waals surface area contributed by atoms with E-state index in [4.69, 9.17) is 20.6 Å². The van der Waals surface area contributed by atoms with Gasteiger partial charge in [0.2, 0.25) is 5.91 Å². The summed E-state index contributed by atoms with van der Waals surface area (Å²) in [5, 5.41) is 10.1. The number of likely N-dealkylation sites (tertiary alicyclic amines) is 2. The number of carboxylic acids is 1. The lowest BCUT2D eigenvalue weighted by Crippen LogP contribution is -2.48. The molecule has 242 valence electrons. The van der Waals surface area contributed by atoms with Crippen LogP contribution in [0.15, 0.2) is 36.4 Å². The maximum Gasteiger partial charge on any atom is 0.303 e. The number of piperidine rings is 1. The molecule has 0 spiro atoms. The van der Waals surface area contributed by atoms with Crippen LogP contribution in [0.1, 0.15) is 60.4 Å². The number of ether oxygens (including phenoxy) is 1. The third kappa shape index (κ3) is 5.50. The number of nitrogens with two attached hydrogens (primary N) is 1. The lowest BCUT2D eigenvalue weighted by molar-refractivity contribution is -0.142. The fourth-order valence-corrected chi connectivity index (χ4v) is 7.31. The van der Waals surface area contributed by atoms with Crippen LogP contribution in [0.3, 0.4) is 0 Å². The number of hydrogen-bond donors (Lipinski definition) is 2. The molecule has 2 aromatic heterocycles. The summed E-state index contributed by atoms with van der Waals surface area (Å²) < 4.78 is 10.3. The van der Waals surface area contributed by atoms with Gasteiger partial charge in [0.25, 0.3) is 5.91 Å². The van der Waals surface area contributed by atoms with E-state index in [0.29, 0.717) is 54.8 Å². The van der Waals surface area contributed by atoms with E-state index in [1.165, 1.54) is 23.9 Å². The number of carboxylic acid groups (broad SMARTS) is 1. The molecule has 2 aromatic carbocycles. The topological polar surface area (TPSA) is 136 Å². The molecule has 7 rings (SSSR count). The Morgan fingerprint density at radius 2 is 1.80 bits per heavy atom. The normalized spacial score (nSPS) is 18.7. The SMILES string of the molecule is COc1cc(C(=O)N2CCC[C@@H](CN)C2)cc2nc(-c3cc4cccc(C5CN(C(=O)CCC(=O)O)C5)c4n3CC3CC3)n(C)c12. The number of nitrogens with zero attached hydrogens (tertiary/aromatic N) is 5. The number of methoxy groups -OCH3 is 1. The van der Waals surface area contributed by atoms with Gasteiger partial charge < -0.3 is 34.5 Å². The minimum absolute atomic E-state index is 0.0194. The molecule has 46 heavy (non-hydrogen) atoms. The number of aromatic nitrogens is 3. The van der Waals surface area contributed by atoms with Crippen molar-refractivity contribution in [3.8, 4) is 17.3 Å². The standard InChI is InChI=1S/C35H42N6O5/c1-38-33-27(13-24(15-29(33)46-2)35(45)39-12-4-5-22(16-36)17-39)37-34(38)28-14-23-6-3-7-26(32(23)41(28)18-21-8-9-21)25-19-40(20-25)30(42)10-11-31(43)44/h3,6-7,13-15,21-22,25H,4-5,8-12,16-20,36H2,1-2H3,(H,43,44)/t22-/m0/s1. The third-order valence-electron chi connectivity index (χ3n) is 10.1. The van der Waals surface area contributed by atoms with Crippen LogP contribution in [0.5, 0.6) is 5.75 Å². The van der Waals surface area contributed by atoms with Gasteiger partial charge in [-0.3, -0.25) is 14.4 Å². The van der Waals surface area contributed by atoms with Crippen LogP contribution in [0.2, 0.25) is 0 Å². The van der Waals surface area contributed by atoms with Gasteiger partial charge in [-0.25, -0.2) is 4.98 Å². The monoisotopic (exact) mass is 626 g/mol. The van der Waals surface area contributed by atoms with Crippen molar-refractivity contribution >= 4 is 39.7 Å². The Bertz CT molecular complexity index is 1830. The summed E-state index contributed by atoms with van der Waals surface area (Å²) in [4.78, 5) is 46.0. The van der Waals surface area contributed by atoms with Gasteiger partial charge in [0.15, 0.2) is 5.82 Å². The van der Waals surface area contributed by atoms with Crippen LogP contribution in [0.25, 0.3) is 33.5 Å². The Morgan fingerprint density at radius 1 is 1.00 bits per heavy atom. The number of rotatable bonds is 10. The van der Waals surface area contributed by atoms with Crippen molar-refractivity contribution in [2.24, 2.45) is 24.6 Å². The van der Waals surface area contributed by atoms with E-state index < -0.39 is 5.97 Å². The van der Waals surface area contributed by atoms with Gasteiger partial charge >= 0.3 is 5.97 Å². The molecule has 4 heterocycles. The first-order valence-corrected chi connectivity index (χ1v) is 16.4. The van der Waals surface area contributed by atoms with E-state index in [9.17, 15) is 14.4 Å². The number of aliphatic carboxylic acids is 1. The molecule has 0 unspecified atom stereocenters. The second-order valence-electron chi connectivity index (χ2n) is 13.3. The number of imidazole rings is 1. The molecule has 4 aromatic rings. The van der Waals surface area contributed by atoms with Crippen LogP contribution in [0, 0.1) is 11.8 Å². The van der Waals surface area contributed by atoms with Gasteiger partial charge in [0.05, 0.1) is 30.3 Å². The number of amides is 2. The highest BCUT2D eigenvalue weighted by atomic mass is 16.5. The number of carbonyl (C=O) groups excluding carboxylic acids is 2. The van der Waals surface area contributed by atoms with E-state index in [1.807, 2.05) is 24.1 Å². The van der Waals surface area contributed by atoms with E-state index in [0.717, 1.165) is 48.4 Å². The van der Waals surface area contributed by atoms with Crippen LogP contribution < -0.4 is 10.5 Å². The molecule has 2 saturated heterocycles. The lowest BCUT2D eigenvalue weighted by atomic mass is 9.89. The molecule has 1 aliphatic carbocycles. The molecule has 2 aliphatic heterocycles. The Morgan fingerprint density at radius 3 is 2.52 bits per heavy atom. The van der Waals surface area contributed by atoms with Gasteiger partial charge in [0.1, 0.15) is 11.3 Å². The van der Waals surface area contributed by atoms with Gasteiger partial charge in [-0.1, -0.05) is 18.2 Å². The van der Waals surface area contributed by atoms with E-state index >= 15 is 0 Å². The molecular weight excluding hydrogens is 584 g/mol. The lowest BCUT2D eigenvalue weighted by Gasteiger charge is -2.40. The van der Waals surface area contributed by atoms with E-state index in [1.54, 1.807) is 12.0 Å². The number of para-hydroxylation sites is 1. The van der Waals surface area contributed by atoms with E-state index in [-0.39, 0.29) is 30.6 Å². The molecule has 2 amide bonds. The number of fused-ring (bicyclic) bond motifs is 2. The summed E-state index contributed by atoms with van der Waals surface area (Å²) in [7, 11) is 3.63. The van der Waals surface area contributed by atoms with Crippen LogP contribution in [-0.4, -0.2) is 86.6 Å². The molecule has 11 nitrogen and oxygen atoms in total. The summed E-state index contributed by atoms with van der Waals surface area (Å²) in [6.45, 7) is 4.03. The molecule has 3 fully saturated rings. The molecule has 1 atom stereocenters. The minimum Gasteiger partial charge on any atom is -0.494 e.